The third kappa shape index (κ3) is 5.35. The molecule has 0 aliphatic heterocycles. The Labute approximate surface area is 187 Å². The highest BCUT2D eigenvalue weighted by molar-refractivity contribution is 7.92. The number of sulfonamides is 1. The Hall–Kier alpha value is -1.96. The predicted octanol–water partition coefficient (Wildman–Crippen LogP) is 6.35. The Morgan fingerprint density at radius 2 is 1.41 bits per heavy atom. The van der Waals surface area contributed by atoms with E-state index in [4.69, 9.17) is 46.4 Å². The molecule has 0 radical (unpaired) electrons. The summed E-state index contributed by atoms with van der Waals surface area (Å²) >= 11 is 23.6. The smallest absolute Gasteiger partial charge is 0.261 e. The molecule has 5 nitrogen and oxygen atoms in total. The Morgan fingerprint density at radius 1 is 0.759 bits per heavy atom. The van der Waals surface area contributed by atoms with E-state index in [1.807, 2.05) is 0 Å². The van der Waals surface area contributed by atoms with Crippen LogP contribution in [-0.4, -0.2) is 14.3 Å². The Balaban J connectivity index is 1.92. The van der Waals surface area contributed by atoms with Gasteiger partial charge in [0.25, 0.3) is 15.9 Å². The van der Waals surface area contributed by atoms with E-state index >= 15 is 0 Å². The zero-order valence-electron chi connectivity index (χ0n) is 14.4. The summed E-state index contributed by atoms with van der Waals surface area (Å²) in [5.41, 5.74) is 0.570. The maximum atomic E-state index is 12.7. The molecular weight excluding hydrogens is 478 g/mol. The fourth-order valence-corrected chi connectivity index (χ4v) is 4.14. The lowest BCUT2D eigenvalue weighted by Gasteiger charge is -2.14. The van der Waals surface area contributed by atoms with Gasteiger partial charge >= 0.3 is 0 Å². The van der Waals surface area contributed by atoms with E-state index < -0.39 is 15.9 Å². The SMILES string of the molecule is O=C(Nc1ccc(Cl)cc1)c1cc(Cl)ccc1NS(=O)(=O)c1ccc(Cl)c(Cl)c1. The first kappa shape index (κ1) is 21.7. The van der Waals surface area contributed by atoms with Crippen molar-refractivity contribution >= 4 is 73.7 Å². The summed E-state index contributed by atoms with van der Waals surface area (Å²) in [5, 5.41) is 3.76. The summed E-state index contributed by atoms with van der Waals surface area (Å²) in [4.78, 5) is 12.6. The molecule has 2 N–H and O–H groups in total. The number of nitrogens with one attached hydrogen (secondary N) is 2. The number of hydrogen-bond acceptors (Lipinski definition) is 3. The quantitative estimate of drug-likeness (QED) is 0.438. The van der Waals surface area contributed by atoms with E-state index in [1.54, 1.807) is 24.3 Å². The molecule has 3 aromatic rings. The number of amides is 1. The highest BCUT2D eigenvalue weighted by Gasteiger charge is 2.20. The van der Waals surface area contributed by atoms with Gasteiger partial charge < -0.3 is 5.32 Å². The number of benzene rings is 3. The van der Waals surface area contributed by atoms with Crippen LogP contribution in [0.3, 0.4) is 0 Å². The zero-order valence-corrected chi connectivity index (χ0v) is 18.3. The normalized spacial score (nSPS) is 11.2. The topological polar surface area (TPSA) is 75.3 Å². The van der Waals surface area contributed by atoms with Crippen LogP contribution in [0.1, 0.15) is 10.4 Å². The van der Waals surface area contributed by atoms with Gasteiger partial charge in [0.1, 0.15) is 0 Å². The summed E-state index contributed by atoms with van der Waals surface area (Å²) in [6.45, 7) is 0. The van der Waals surface area contributed by atoms with Crippen LogP contribution in [0.5, 0.6) is 0 Å². The molecule has 0 bridgehead atoms. The monoisotopic (exact) mass is 488 g/mol. The third-order valence-corrected chi connectivity index (χ3v) is 6.36. The van der Waals surface area contributed by atoms with Gasteiger partial charge in [-0.25, -0.2) is 8.42 Å². The second-order valence-corrected chi connectivity index (χ2v) is 9.20. The molecule has 0 saturated heterocycles. The van der Waals surface area contributed by atoms with Gasteiger partial charge in [0.15, 0.2) is 0 Å². The minimum absolute atomic E-state index is 0.0380. The third-order valence-electron chi connectivity index (χ3n) is 3.77. The van der Waals surface area contributed by atoms with Crippen molar-refractivity contribution < 1.29 is 13.2 Å². The minimum atomic E-state index is -4.03. The van der Waals surface area contributed by atoms with Gasteiger partial charge in [-0.3, -0.25) is 9.52 Å². The van der Waals surface area contributed by atoms with Gasteiger partial charge in [0, 0.05) is 15.7 Å². The molecule has 0 aliphatic carbocycles. The zero-order chi connectivity index (χ0) is 21.2. The van der Waals surface area contributed by atoms with Crippen molar-refractivity contribution in [2.24, 2.45) is 0 Å². The lowest BCUT2D eigenvalue weighted by Crippen LogP contribution is -2.18. The number of rotatable bonds is 5. The summed E-state index contributed by atoms with van der Waals surface area (Å²) in [5.74, 6) is -0.554. The number of carbonyl (C=O) groups excluding carboxylic acids is 1. The van der Waals surface area contributed by atoms with Gasteiger partial charge in [-0.1, -0.05) is 46.4 Å². The van der Waals surface area contributed by atoms with Gasteiger partial charge in [-0.2, -0.15) is 0 Å². The highest BCUT2D eigenvalue weighted by Crippen LogP contribution is 2.28. The average Bonchev–Trinajstić information content (AvgIpc) is 2.67. The number of carbonyl (C=O) groups is 1. The van der Waals surface area contributed by atoms with Crippen LogP contribution in [-0.2, 0) is 10.0 Å². The van der Waals surface area contributed by atoms with Crippen LogP contribution in [0, 0.1) is 0 Å². The van der Waals surface area contributed by atoms with Gasteiger partial charge in [-0.15, -0.1) is 0 Å². The molecule has 0 aromatic heterocycles. The maximum absolute atomic E-state index is 12.7. The molecule has 0 aliphatic rings. The molecule has 150 valence electrons. The second-order valence-electron chi connectivity index (χ2n) is 5.83. The Bertz CT molecular complexity index is 1180. The molecule has 0 spiro atoms. The molecule has 29 heavy (non-hydrogen) atoms. The van der Waals surface area contributed by atoms with Crippen molar-refractivity contribution in [3.8, 4) is 0 Å². The molecule has 0 heterocycles. The molecule has 10 heteroatoms. The molecule has 0 fully saturated rings. The average molecular weight is 490 g/mol. The first-order chi connectivity index (χ1) is 13.7. The molecule has 0 atom stereocenters. The van der Waals surface area contributed by atoms with Gasteiger partial charge in [0.2, 0.25) is 0 Å². The molecule has 3 rings (SSSR count). The van der Waals surface area contributed by atoms with Crippen LogP contribution in [0.4, 0.5) is 11.4 Å². The molecule has 3 aromatic carbocycles. The van der Waals surface area contributed by atoms with Crippen molar-refractivity contribution in [3.63, 3.8) is 0 Å². The lowest BCUT2D eigenvalue weighted by atomic mass is 10.1. The Morgan fingerprint density at radius 3 is 2.07 bits per heavy atom. The lowest BCUT2D eigenvalue weighted by molar-refractivity contribution is 0.102. The van der Waals surface area contributed by atoms with E-state index in [9.17, 15) is 13.2 Å². The van der Waals surface area contributed by atoms with Crippen LogP contribution in [0.25, 0.3) is 0 Å². The molecule has 0 saturated carbocycles. The van der Waals surface area contributed by atoms with Crippen molar-refractivity contribution in [3.05, 3.63) is 86.3 Å². The largest absolute Gasteiger partial charge is 0.322 e. The van der Waals surface area contributed by atoms with E-state index in [0.717, 1.165) is 0 Å². The summed E-state index contributed by atoms with van der Waals surface area (Å²) < 4.78 is 27.8. The van der Waals surface area contributed by atoms with E-state index in [0.29, 0.717) is 10.7 Å². The van der Waals surface area contributed by atoms with Crippen molar-refractivity contribution in [2.75, 3.05) is 10.0 Å². The highest BCUT2D eigenvalue weighted by atomic mass is 35.5. The number of anilines is 2. The molecular formula is C19H12Cl4N2O3S. The van der Waals surface area contributed by atoms with Gasteiger partial charge in [-0.05, 0) is 60.7 Å². The van der Waals surface area contributed by atoms with E-state index in [-0.39, 0.29) is 31.2 Å². The summed E-state index contributed by atoms with van der Waals surface area (Å²) in [7, 11) is -4.03. The van der Waals surface area contributed by atoms with Crippen LogP contribution >= 0.6 is 46.4 Å². The molecule has 1 amide bonds. The predicted molar refractivity (Wildman–Crippen MR) is 118 cm³/mol. The first-order valence-corrected chi connectivity index (χ1v) is 11.0. The van der Waals surface area contributed by atoms with Crippen LogP contribution in [0.2, 0.25) is 20.1 Å². The minimum Gasteiger partial charge on any atom is -0.322 e. The standard InChI is InChI=1S/C19H12Cl4N2O3S/c20-11-1-4-13(5-2-11)24-19(26)15-9-12(21)3-8-18(15)25-29(27,28)14-6-7-16(22)17(23)10-14/h1-10,25H,(H,24,26). The fourth-order valence-electron chi connectivity index (χ4n) is 2.37. The van der Waals surface area contributed by atoms with Crippen LogP contribution < -0.4 is 10.0 Å². The van der Waals surface area contributed by atoms with E-state index in [2.05, 4.69) is 10.0 Å². The summed E-state index contributed by atoms with van der Waals surface area (Å²) in [6, 6.07) is 14.6. The Kier molecular flexibility index (Phi) is 6.61. The fraction of sp³-hybridized carbons (Fsp3) is 0. The first-order valence-electron chi connectivity index (χ1n) is 8.00. The van der Waals surface area contributed by atoms with E-state index in [1.165, 1.54) is 36.4 Å². The second kappa shape index (κ2) is 8.81. The van der Waals surface area contributed by atoms with Gasteiger partial charge in [0.05, 0.1) is 26.2 Å². The number of halogens is 4. The number of hydrogen-bond donors (Lipinski definition) is 2. The van der Waals surface area contributed by atoms with Crippen molar-refractivity contribution in [1.82, 2.24) is 0 Å². The van der Waals surface area contributed by atoms with Crippen molar-refractivity contribution in [2.45, 2.75) is 4.90 Å². The maximum Gasteiger partial charge on any atom is 0.261 e. The van der Waals surface area contributed by atoms with Crippen LogP contribution in [0.15, 0.2) is 65.6 Å². The summed E-state index contributed by atoms with van der Waals surface area (Å²) in [6.07, 6.45) is 0. The molecule has 0 unspecified atom stereocenters. The van der Waals surface area contributed by atoms with Crippen molar-refractivity contribution in [1.29, 1.82) is 0 Å².